The first-order chi connectivity index (χ1) is 16.1. The summed E-state index contributed by atoms with van der Waals surface area (Å²) in [5, 5.41) is 4.54. The first kappa shape index (κ1) is 24.6. The van der Waals surface area contributed by atoms with Crippen molar-refractivity contribution in [3.05, 3.63) is 57.9 Å². The molecule has 1 fully saturated rings. The van der Waals surface area contributed by atoms with Crippen molar-refractivity contribution in [3.8, 4) is 0 Å². The van der Waals surface area contributed by atoms with Gasteiger partial charge in [-0.25, -0.2) is 22.2 Å². The Morgan fingerprint density at radius 2 is 2.03 bits per heavy atom. The molecule has 1 aliphatic heterocycles. The van der Waals surface area contributed by atoms with Gasteiger partial charge in [-0.15, -0.1) is 11.3 Å². The topological polar surface area (TPSA) is 77.6 Å². The predicted octanol–water partition coefficient (Wildman–Crippen LogP) is 5.01. The zero-order valence-corrected chi connectivity index (χ0v) is 20.9. The molecule has 2 N–H and O–H groups in total. The van der Waals surface area contributed by atoms with Crippen molar-refractivity contribution in [2.75, 3.05) is 48.7 Å². The Morgan fingerprint density at radius 3 is 2.74 bits per heavy atom. The van der Waals surface area contributed by atoms with Crippen LogP contribution in [0.2, 0.25) is 5.02 Å². The van der Waals surface area contributed by atoms with Crippen molar-refractivity contribution >= 4 is 55.8 Å². The average Bonchev–Trinajstić information content (AvgIpc) is 3.43. The Morgan fingerprint density at radius 1 is 1.24 bits per heavy atom. The molecule has 0 saturated carbocycles. The van der Waals surface area contributed by atoms with E-state index in [1.807, 2.05) is 14.1 Å². The molecule has 0 amide bonds. The van der Waals surface area contributed by atoms with Gasteiger partial charge in [0.2, 0.25) is 0 Å². The third kappa shape index (κ3) is 5.60. The normalized spacial score (nSPS) is 16.3. The van der Waals surface area contributed by atoms with Crippen LogP contribution in [-0.2, 0) is 10.0 Å². The number of benzene rings is 2. The molecule has 1 aliphatic rings. The Balaban J connectivity index is 1.59. The van der Waals surface area contributed by atoms with Crippen LogP contribution in [0.15, 0.2) is 46.1 Å². The van der Waals surface area contributed by atoms with Crippen LogP contribution in [0.5, 0.6) is 0 Å². The number of halogens is 3. The molecule has 34 heavy (non-hydrogen) atoms. The smallest absolute Gasteiger partial charge is 0.266 e. The fourth-order valence-corrected chi connectivity index (χ4v) is 5.94. The van der Waals surface area contributed by atoms with E-state index in [9.17, 15) is 17.2 Å². The lowest BCUT2D eigenvalue weighted by Gasteiger charge is -2.24. The quantitative estimate of drug-likeness (QED) is 0.429. The summed E-state index contributed by atoms with van der Waals surface area (Å²) in [6, 6.07) is 6.36. The number of sulfonamides is 1. The Bertz CT molecular complexity index is 1270. The standard InChI is InChI=1S/C22H24ClF2N5O2S2/c1-29(2)10-14-5-6-30(11-14)20-7-15(24)3-4-18(20)27-19-9-17(25)21(8-16(19)23)34(31,32)28-22-12-33-13-26-22/h3-4,7-9,12-14,27-28H,5-6,10-11H2,1-2H3/t14-/m0/s1. The van der Waals surface area contributed by atoms with Gasteiger partial charge in [-0.05, 0) is 50.7 Å². The van der Waals surface area contributed by atoms with Gasteiger partial charge in [0.15, 0.2) is 5.82 Å². The maximum absolute atomic E-state index is 14.9. The van der Waals surface area contributed by atoms with Crippen LogP contribution < -0.4 is 14.9 Å². The number of thiazole rings is 1. The van der Waals surface area contributed by atoms with Crippen molar-refractivity contribution in [2.24, 2.45) is 5.92 Å². The second kappa shape index (κ2) is 10.0. The molecular weight excluding hydrogens is 504 g/mol. The molecule has 1 aromatic heterocycles. The van der Waals surface area contributed by atoms with Gasteiger partial charge in [0.25, 0.3) is 10.0 Å². The number of nitrogens with zero attached hydrogens (tertiary/aromatic N) is 3. The number of rotatable bonds is 8. The van der Waals surface area contributed by atoms with Gasteiger partial charge in [-0.1, -0.05) is 11.6 Å². The van der Waals surface area contributed by atoms with Crippen molar-refractivity contribution in [1.82, 2.24) is 9.88 Å². The molecule has 182 valence electrons. The lowest BCUT2D eigenvalue weighted by molar-refractivity contribution is 0.340. The molecule has 0 bridgehead atoms. The maximum atomic E-state index is 14.9. The number of aromatic nitrogens is 1. The van der Waals surface area contributed by atoms with Gasteiger partial charge in [-0.3, -0.25) is 4.72 Å². The molecule has 1 saturated heterocycles. The number of hydrogen-bond donors (Lipinski definition) is 2. The first-order valence-electron chi connectivity index (χ1n) is 10.5. The van der Waals surface area contributed by atoms with Crippen LogP contribution in [0.25, 0.3) is 0 Å². The van der Waals surface area contributed by atoms with Gasteiger partial charge >= 0.3 is 0 Å². The van der Waals surface area contributed by atoms with E-state index < -0.39 is 20.7 Å². The molecule has 3 aromatic rings. The van der Waals surface area contributed by atoms with Crippen LogP contribution in [0.4, 0.5) is 31.7 Å². The van der Waals surface area contributed by atoms with Crippen LogP contribution in [0.1, 0.15) is 6.42 Å². The highest BCUT2D eigenvalue weighted by molar-refractivity contribution is 7.92. The van der Waals surface area contributed by atoms with Crippen molar-refractivity contribution in [1.29, 1.82) is 0 Å². The molecule has 1 atom stereocenters. The number of hydrogen-bond acceptors (Lipinski definition) is 7. The van der Waals surface area contributed by atoms with E-state index >= 15 is 0 Å². The van der Waals surface area contributed by atoms with Gasteiger partial charge in [0.1, 0.15) is 16.5 Å². The van der Waals surface area contributed by atoms with Gasteiger partial charge in [-0.2, -0.15) is 0 Å². The van der Waals surface area contributed by atoms with E-state index in [0.29, 0.717) is 17.3 Å². The zero-order chi connectivity index (χ0) is 24.5. The largest absolute Gasteiger partial charge is 0.369 e. The summed E-state index contributed by atoms with van der Waals surface area (Å²) >= 11 is 7.54. The Labute approximate surface area is 206 Å². The molecule has 0 unspecified atom stereocenters. The SMILES string of the molecule is CN(C)C[C@@H]1CCN(c2cc(F)ccc2Nc2cc(F)c(S(=O)(=O)Nc3cscn3)cc2Cl)C1. The lowest BCUT2D eigenvalue weighted by Crippen LogP contribution is -2.26. The van der Waals surface area contributed by atoms with Crippen LogP contribution in [-0.4, -0.2) is 52.0 Å². The molecule has 0 spiro atoms. The van der Waals surface area contributed by atoms with Crippen LogP contribution in [0, 0.1) is 17.6 Å². The lowest BCUT2D eigenvalue weighted by atomic mass is 10.1. The molecule has 0 radical (unpaired) electrons. The molecular formula is C22H24ClF2N5O2S2. The summed E-state index contributed by atoms with van der Waals surface area (Å²) in [5.41, 5.74) is 2.81. The van der Waals surface area contributed by atoms with Gasteiger partial charge < -0.3 is 15.1 Å². The van der Waals surface area contributed by atoms with E-state index in [-0.39, 0.29) is 22.3 Å². The monoisotopic (exact) mass is 527 g/mol. The Kier molecular flexibility index (Phi) is 7.27. The van der Waals surface area contributed by atoms with Crippen LogP contribution >= 0.6 is 22.9 Å². The Hall–Kier alpha value is -2.47. The van der Waals surface area contributed by atoms with E-state index in [4.69, 9.17) is 11.6 Å². The number of nitrogens with one attached hydrogen (secondary N) is 2. The third-order valence-corrected chi connectivity index (χ3v) is 7.73. The van der Waals surface area contributed by atoms with Crippen molar-refractivity contribution in [3.63, 3.8) is 0 Å². The summed E-state index contributed by atoms with van der Waals surface area (Å²) in [4.78, 5) is 7.46. The molecule has 7 nitrogen and oxygen atoms in total. The van der Waals surface area contributed by atoms with Crippen molar-refractivity contribution in [2.45, 2.75) is 11.3 Å². The van der Waals surface area contributed by atoms with Gasteiger partial charge in [0, 0.05) is 31.1 Å². The molecule has 2 heterocycles. The third-order valence-electron chi connectivity index (χ3n) is 5.46. The highest BCUT2D eigenvalue weighted by Crippen LogP contribution is 2.37. The summed E-state index contributed by atoms with van der Waals surface area (Å²) < 4.78 is 56.4. The molecule has 0 aliphatic carbocycles. The molecule has 12 heteroatoms. The fraction of sp³-hybridized carbons (Fsp3) is 0.318. The average molecular weight is 528 g/mol. The van der Waals surface area contributed by atoms with E-state index in [1.165, 1.54) is 34.4 Å². The number of anilines is 4. The van der Waals surface area contributed by atoms with E-state index in [0.717, 1.165) is 38.2 Å². The molecule has 4 rings (SSSR count). The van der Waals surface area contributed by atoms with Crippen molar-refractivity contribution < 1.29 is 17.2 Å². The minimum Gasteiger partial charge on any atom is -0.369 e. The summed E-state index contributed by atoms with van der Waals surface area (Å²) in [5.74, 6) is -0.826. The van der Waals surface area contributed by atoms with Gasteiger partial charge in [0.05, 0.1) is 27.6 Å². The first-order valence-corrected chi connectivity index (χ1v) is 13.3. The van der Waals surface area contributed by atoms with E-state index in [2.05, 4.69) is 24.8 Å². The van der Waals surface area contributed by atoms with Crippen LogP contribution in [0.3, 0.4) is 0 Å². The minimum atomic E-state index is -4.22. The van der Waals surface area contributed by atoms with E-state index in [1.54, 1.807) is 6.07 Å². The highest BCUT2D eigenvalue weighted by Gasteiger charge is 2.26. The second-order valence-corrected chi connectivity index (χ2v) is 11.2. The second-order valence-electron chi connectivity index (χ2n) is 8.39. The summed E-state index contributed by atoms with van der Waals surface area (Å²) in [6.45, 7) is 2.45. The predicted molar refractivity (Wildman–Crippen MR) is 133 cm³/mol. The fourth-order valence-electron chi connectivity index (χ4n) is 4.02. The zero-order valence-electron chi connectivity index (χ0n) is 18.6. The minimum absolute atomic E-state index is 0.00207. The maximum Gasteiger partial charge on any atom is 0.266 e. The summed E-state index contributed by atoms with van der Waals surface area (Å²) in [7, 11) is -0.187. The highest BCUT2D eigenvalue weighted by atomic mass is 35.5. The molecule has 2 aromatic carbocycles. The summed E-state index contributed by atoms with van der Waals surface area (Å²) in [6.07, 6.45) is 0.974.